The highest BCUT2D eigenvalue weighted by Gasteiger charge is 2.32. The molecule has 0 aliphatic carbocycles. The van der Waals surface area contributed by atoms with Gasteiger partial charge in [0.05, 0.1) is 6.61 Å². The van der Waals surface area contributed by atoms with Gasteiger partial charge in [-0.05, 0) is 48.8 Å². The Balaban J connectivity index is 1.94. The zero-order chi connectivity index (χ0) is 15.3. The second-order valence-corrected chi connectivity index (χ2v) is 7.08. The second-order valence-electron chi connectivity index (χ2n) is 5.93. The topological polar surface area (TPSA) is 50.4 Å². The van der Waals surface area contributed by atoms with Crippen LogP contribution in [0.5, 0.6) is 0 Å². The van der Waals surface area contributed by atoms with Gasteiger partial charge >= 0.3 is 6.09 Å². The number of anilines is 2. The van der Waals surface area contributed by atoms with Crippen molar-refractivity contribution < 1.29 is 9.53 Å². The largest absolute Gasteiger partial charge is 0.450 e. The Bertz CT molecular complexity index is 474. The van der Waals surface area contributed by atoms with Crippen LogP contribution in [0.2, 0.25) is 0 Å². The van der Waals surface area contributed by atoms with Crippen LogP contribution in [0, 0.1) is 5.41 Å². The fraction of sp³-hybridized carbons (Fsp3) is 0.562. The Morgan fingerprint density at radius 2 is 2.00 bits per heavy atom. The van der Waals surface area contributed by atoms with Crippen LogP contribution in [-0.2, 0) is 4.74 Å². The predicted molar refractivity (Wildman–Crippen MR) is 90.2 cm³/mol. The Hall–Kier alpha value is -1.36. The number of hydrogen-bond acceptors (Lipinski definition) is 4. The summed E-state index contributed by atoms with van der Waals surface area (Å²) in [5.41, 5.74) is 2.15. The minimum Gasteiger partial charge on any atom is -0.450 e. The van der Waals surface area contributed by atoms with Gasteiger partial charge in [0.2, 0.25) is 0 Å². The van der Waals surface area contributed by atoms with E-state index in [9.17, 15) is 4.79 Å². The van der Waals surface area contributed by atoms with Gasteiger partial charge in [0.15, 0.2) is 0 Å². The van der Waals surface area contributed by atoms with E-state index in [1.807, 2.05) is 36.0 Å². The van der Waals surface area contributed by atoms with E-state index >= 15 is 0 Å². The van der Waals surface area contributed by atoms with E-state index in [-0.39, 0.29) is 0 Å². The maximum Gasteiger partial charge on any atom is 0.411 e. The highest BCUT2D eigenvalue weighted by Crippen LogP contribution is 2.36. The minimum atomic E-state index is -0.414. The standard InChI is InChI=1S/C16H24N2O2S/c1-4-20-15(19)18-13-7-5-12(6-8-13)17-14-11-21-10-9-16(14,2)3/h5-8,14,17H,4,9-11H2,1-3H3,(H,18,19). The Kier molecular flexibility index (Phi) is 5.39. The third-order valence-corrected chi connectivity index (χ3v) is 4.93. The quantitative estimate of drug-likeness (QED) is 0.875. The van der Waals surface area contributed by atoms with Crippen LogP contribution in [0.25, 0.3) is 0 Å². The molecule has 0 radical (unpaired) electrons. The number of thioether (sulfide) groups is 1. The van der Waals surface area contributed by atoms with Crippen molar-refractivity contribution in [2.45, 2.75) is 33.2 Å². The molecule has 1 aromatic carbocycles. The maximum absolute atomic E-state index is 11.3. The third-order valence-electron chi connectivity index (χ3n) is 3.87. The summed E-state index contributed by atoms with van der Waals surface area (Å²) < 4.78 is 4.86. The van der Waals surface area contributed by atoms with Crippen LogP contribution in [-0.4, -0.2) is 30.2 Å². The third kappa shape index (κ3) is 4.56. The predicted octanol–water partition coefficient (Wildman–Crippen LogP) is 4.20. The van der Waals surface area contributed by atoms with Gasteiger partial charge in [-0.15, -0.1) is 0 Å². The fourth-order valence-corrected chi connectivity index (χ4v) is 3.92. The molecule has 1 fully saturated rings. The lowest BCUT2D eigenvalue weighted by atomic mass is 9.82. The SMILES string of the molecule is CCOC(=O)Nc1ccc(NC2CSCCC2(C)C)cc1. The van der Waals surface area contributed by atoms with E-state index in [1.54, 1.807) is 6.92 Å². The molecule has 0 bridgehead atoms. The summed E-state index contributed by atoms with van der Waals surface area (Å²) >= 11 is 2.01. The van der Waals surface area contributed by atoms with Crippen molar-refractivity contribution in [2.24, 2.45) is 5.41 Å². The summed E-state index contributed by atoms with van der Waals surface area (Å²) in [5.74, 6) is 2.38. The lowest BCUT2D eigenvalue weighted by Gasteiger charge is -2.39. The summed E-state index contributed by atoms with van der Waals surface area (Å²) in [6, 6.07) is 8.25. The number of amides is 1. The molecule has 2 rings (SSSR count). The second kappa shape index (κ2) is 7.07. The van der Waals surface area contributed by atoms with Gasteiger partial charge in [-0.1, -0.05) is 13.8 Å². The normalized spacial score (nSPS) is 20.6. The molecule has 1 aliphatic heterocycles. The smallest absolute Gasteiger partial charge is 0.411 e. The fourth-order valence-electron chi connectivity index (χ4n) is 2.31. The monoisotopic (exact) mass is 308 g/mol. The van der Waals surface area contributed by atoms with Crippen LogP contribution in [0.3, 0.4) is 0 Å². The van der Waals surface area contributed by atoms with Crippen molar-refractivity contribution in [1.29, 1.82) is 0 Å². The zero-order valence-electron chi connectivity index (χ0n) is 12.9. The van der Waals surface area contributed by atoms with E-state index < -0.39 is 6.09 Å². The lowest BCUT2D eigenvalue weighted by molar-refractivity contribution is 0.168. The first-order chi connectivity index (χ1) is 10.0. The summed E-state index contributed by atoms with van der Waals surface area (Å²) in [6.07, 6.45) is 0.820. The molecule has 0 saturated carbocycles. The summed E-state index contributed by atoms with van der Waals surface area (Å²) in [7, 11) is 0. The number of rotatable bonds is 4. The van der Waals surface area contributed by atoms with Crippen molar-refractivity contribution >= 4 is 29.2 Å². The molecular weight excluding hydrogens is 284 g/mol. The van der Waals surface area contributed by atoms with Crippen LogP contribution in [0.15, 0.2) is 24.3 Å². The molecule has 1 heterocycles. The maximum atomic E-state index is 11.3. The Morgan fingerprint density at radius 1 is 1.33 bits per heavy atom. The Morgan fingerprint density at radius 3 is 2.62 bits per heavy atom. The van der Waals surface area contributed by atoms with Crippen LogP contribution < -0.4 is 10.6 Å². The molecule has 1 amide bonds. The summed E-state index contributed by atoms with van der Waals surface area (Å²) in [6.45, 7) is 6.80. The van der Waals surface area contributed by atoms with Gasteiger partial charge in [-0.25, -0.2) is 4.79 Å². The Labute approximate surface area is 131 Å². The molecule has 0 spiro atoms. The van der Waals surface area contributed by atoms with E-state index in [4.69, 9.17) is 4.74 Å². The first-order valence-electron chi connectivity index (χ1n) is 7.39. The van der Waals surface area contributed by atoms with Gasteiger partial charge in [0.1, 0.15) is 0 Å². The van der Waals surface area contributed by atoms with Crippen molar-refractivity contribution in [3.8, 4) is 0 Å². The van der Waals surface area contributed by atoms with Crippen molar-refractivity contribution in [3.05, 3.63) is 24.3 Å². The van der Waals surface area contributed by atoms with Gasteiger partial charge in [0.25, 0.3) is 0 Å². The molecule has 1 aromatic rings. The average molecular weight is 308 g/mol. The van der Waals surface area contributed by atoms with E-state index in [0.29, 0.717) is 18.1 Å². The van der Waals surface area contributed by atoms with Crippen LogP contribution >= 0.6 is 11.8 Å². The molecular formula is C16H24N2O2S. The van der Waals surface area contributed by atoms with Gasteiger partial charge in [-0.3, -0.25) is 5.32 Å². The number of benzene rings is 1. The van der Waals surface area contributed by atoms with E-state index in [0.717, 1.165) is 17.1 Å². The highest BCUT2D eigenvalue weighted by molar-refractivity contribution is 7.99. The van der Waals surface area contributed by atoms with Crippen LogP contribution in [0.1, 0.15) is 27.2 Å². The molecule has 1 atom stereocenters. The van der Waals surface area contributed by atoms with Crippen molar-refractivity contribution in [2.75, 3.05) is 28.7 Å². The lowest BCUT2D eigenvalue weighted by Crippen LogP contribution is -2.41. The van der Waals surface area contributed by atoms with Crippen molar-refractivity contribution in [3.63, 3.8) is 0 Å². The number of ether oxygens (including phenoxy) is 1. The molecule has 116 valence electrons. The number of carbonyl (C=O) groups is 1. The summed E-state index contributed by atoms with van der Waals surface area (Å²) in [5, 5.41) is 6.31. The van der Waals surface area contributed by atoms with E-state index in [2.05, 4.69) is 24.5 Å². The average Bonchev–Trinajstić information content (AvgIpc) is 2.43. The van der Waals surface area contributed by atoms with Gasteiger partial charge in [-0.2, -0.15) is 11.8 Å². The first-order valence-corrected chi connectivity index (χ1v) is 8.55. The highest BCUT2D eigenvalue weighted by atomic mass is 32.2. The summed E-state index contributed by atoms with van der Waals surface area (Å²) in [4.78, 5) is 11.3. The zero-order valence-corrected chi connectivity index (χ0v) is 13.8. The number of nitrogens with one attached hydrogen (secondary N) is 2. The van der Waals surface area contributed by atoms with Gasteiger partial charge < -0.3 is 10.1 Å². The molecule has 4 nitrogen and oxygen atoms in total. The van der Waals surface area contributed by atoms with Crippen molar-refractivity contribution in [1.82, 2.24) is 0 Å². The minimum absolute atomic E-state index is 0.313. The molecule has 2 N–H and O–H groups in total. The number of carbonyl (C=O) groups excluding carboxylic acids is 1. The first kappa shape index (κ1) is 16.0. The molecule has 21 heavy (non-hydrogen) atoms. The molecule has 5 heteroatoms. The van der Waals surface area contributed by atoms with E-state index in [1.165, 1.54) is 12.2 Å². The van der Waals surface area contributed by atoms with Crippen LogP contribution in [0.4, 0.5) is 16.2 Å². The number of hydrogen-bond donors (Lipinski definition) is 2. The molecule has 0 aromatic heterocycles. The molecule has 1 saturated heterocycles. The molecule has 1 aliphatic rings. The van der Waals surface area contributed by atoms with Gasteiger partial charge in [0, 0.05) is 23.2 Å². The molecule has 1 unspecified atom stereocenters.